The van der Waals surface area contributed by atoms with Crippen LogP contribution in [-0.4, -0.2) is 57.1 Å². The van der Waals surface area contributed by atoms with Crippen LogP contribution in [0.15, 0.2) is 17.2 Å². The molecule has 1 saturated heterocycles. The number of primary amides is 1. The van der Waals surface area contributed by atoms with Crippen LogP contribution in [0.4, 0.5) is 4.79 Å². The zero-order valence-corrected chi connectivity index (χ0v) is 15.8. The summed E-state index contributed by atoms with van der Waals surface area (Å²) in [6, 6.07) is 2.18. The molecule has 1 aliphatic rings. The van der Waals surface area contributed by atoms with Gasteiger partial charge in [0.15, 0.2) is 6.23 Å². The number of hydrogen-bond donors (Lipinski definition) is 5. The molecule has 2 amide bonds. The Labute approximate surface area is 167 Å². The summed E-state index contributed by atoms with van der Waals surface area (Å²) < 4.78 is 6.95. The number of aromatic nitrogens is 1. The molecule has 2 aromatic rings. The van der Waals surface area contributed by atoms with E-state index in [2.05, 4.69) is 10.5 Å². The van der Waals surface area contributed by atoms with Crippen LogP contribution >= 0.6 is 34.8 Å². The van der Waals surface area contributed by atoms with Gasteiger partial charge in [0.05, 0.1) is 28.4 Å². The number of hydrazone groups is 1. The van der Waals surface area contributed by atoms with E-state index < -0.39 is 37.2 Å². The van der Waals surface area contributed by atoms with Gasteiger partial charge in [0.1, 0.15) is 23.5 Å². The highest BCUT2D eigenvalue weighted by molar-refractivity contribution is 6.43. The van der Waals surface area contributed by atoms with Gasteiger partial charge >= 0.3 is 6.03 Å². The lowest BCUT2D eigenvalue weighted by Gasteiger charge is -2.19. The normalized spacial score (nSPS) is 25.6. The Bertz CT molecular complexity index is 919. The second-order valence-corrected chi connectivity index (χ2v) is 6.99. The van der Waals surface area contributed by atoms with Crippen molar-refractivity contribution in [1.29, 1.82) is 0 Å². The Hall–Kier alpha value is -1.59. The van der Waals surface area contributed by atoms with E-state index >= 15 is 0 Å². The molecule has 0 aliphatic carbocycles. The predicted molar refractivity (Wildman–Crippen MR) is 100 cm³/mol. The molecule has 9 nitrogen and oxygen atoms in total. The fraction of sp³-hybridized carbons (Fsp3) is 0.333. The Balaban J connectivity index is 2.18. The van der Waals surface area contributed by atoms with Crippen LogP contribution in [0.3, 0.4) is 0 Å². The molecule has 0 spiro atoms. The van der Waals surface area contributed by atoms with E-state index in [0.717, 1.165) is 0 Å². The van der Waals surface area contributed by atoms with Crippen molar-refractivity contribution < 1.29 is 24.9 Å². The summed E-state index contributed by atoms with van der Waals surface area (Å²) in [5, 5.41) is 34.4. The number of fused-ring (bicyclic) bond motifs is 1. The van der Waals surface area contributed by atoms with Crippen molar-refractivity contribution >= 4 is 58.0 Å². The van der Waals surface area contributed by atoms with Gasteiger partial charge in [-0.15, -0.1) is 0 Å². The summed E-state index contributed by atoms with van der Waals surface area (Å²) in [5.74, 6) is 0. The number of nitrogens with zero attached hydrogens (tertiary/aromatic N) is 2. The number of ether oxygens (including phenoxy) is 1. The van der Waals surface area contributed by atoms with Gasteiger partial charge in [-0.25, -0.2) is 10.2 Å². The lowest BCUT2D eigenvalue weighted by Crippen LogP contribution is -2.33. The molecule has 0 radical (unpaired) electrons. The number of carbonyl (C=O) groups is 1. The third-order valence-corrected chi connectivity index (χ3v) is 5.27. The quantitative estimate of drug-likeness (QED) is 0.361. The molecule has 1 aromatic heterocycles. The van der Waals surface area contributed by atoms with Gasteiger partial charge in [-0.2, -0.15) is 5.10 Å². The van der Waals surface area contributed by atoms with Crippen LogP contribution in [0, 0.1) is 0 Å². The lowest BCUT2D eigenvalue weighted by atomic mass is 10.1. The number of halogens is 3. The van der Waals surface area contributed by atoms with Gasteiger partial charge in [-0.05, 0) is 12.1 Å². The summed E-state index contributed by atoms with van der Waals surface area (Å²) in [4.78, 5) is 10.8. The van der Waals surface area contributed by atoms with Crippen molar-refractivity contribution in [2.75, 3.05) is 6.61 Å². The van der Waals surface area contributed by atoms with Gasteiger partial charge in [0.2, 0.25) is 0 Å². The number of aliphatic hydroxyl groups is 3. The summed E-state index contributed by atoms with van der Waals surface area (Å²) in [6.45, 7) is -0.491. The van der Waals surface area contributed by atoms with E-state index in [-0.39, 0.29) is 15.2 Å². The standard InChI is InChI=1S/C15H15Cl3N4O5/c16-7-1-5-6(3-20-21-15(19)26)13(18)22(9(5)2-8(7)17)14-12(25)11(24)10(4-23)27-14/h1-3,10-12,14,23-25H,4H2,(H3,19,21,26)/b20-3+/t10-,11-,12-,14?/m1/s1. The minimum atomic E-state index is -1.36. The smallest absolute Gasteiger partial charge is 0.332 e. The highest BCUT2D eigenvalue weighted by atomic mass is 35.5. The van der Waals surface area contributed by atoms with Crippen LogP contribution in [0.5, 0.6) is 0 Å². The maximum atomic E-state index is 10.8. The number of nitrogens with one attached hydrogen (secondary N) is 1. The lowest BCUT2D eigenvalue weighted by molar-refractivity contribution is -0.0505. The molecular weight excluding hydrogens is 423 g/mol. The second-order valence-electron chi connectivity index (χ2n) is 5.82. The second kappa shape index (κ2) is 7.80. The Morgan fingerprint density at radius 3 is 2.56 bits per heavy atom. The zero-order chi connectivity index (χ0) is 19.9. The number of nitrogens with two attached hydrogens (primary N) is 1. The fourth-order valence-electron chi connectivity index (χ4n) is 2.92. The number of amides is 2. The van der Waals surface area contributed by atoms with E-state index in [1.54, 1.807) is 0 Å². The highest BCUT2D eigenvalue weighted by Gasteiger charge is 2.44. The molecule has 1 fully saturated rings. The number of aliphatic hydroxyl groups excluding tert-OH is 3. The minimum Gasteiger partial charge on any atom is -0.394 e. The maximum absolute atomic E-state index is 10.8. The molecule has 3 rings (SSSR count). The van der Waals surface area contributed by atoms with Crippen molar-refractivity contribution in [2.45, 2.75) is 24.5 Å². The molecular formula is C15H15Cl3N4O5. The summed E-state index contributed by atoms with van der Waals surface area (Å²) in [6.07, 6.45) is -3.52. The molecule has 2 heterocycles. The average molecular weight is 438 g/mol. The van der Waals surface area contributed by atoms with Crippen molar-refractivity contribution in [3.8, 4) is 0 Å². The first-order valence-corrected chi connectivity index (χ1v) is 8.79. The zero-order valence-electron chi connectivity index (χ0n) is 13.5. The van der Waals surface area contributed by atoms with Crippen LogP contribution in [-0.2, 0) is 4.74 Å². The summed E-state index contributed by atoms with van der Waals surface area (Å²) >= 11 is 18.7. The molecule has 0 bridgehead atoms. The number of hydrogen-bond acceptors (Lipinski definition) is 6. The van der Waals surface area contributed by atoms with E-state index in [1.807, 2.05) is 0 Å². The Morgan fingerprint density at radius 2 is 1.96 bits per heavy atom. The van der Waals surface area contributed by atoms with E-state index in [4.69, 9.17) is 45.3 Å². The van der Waals surface area contributed by atoms with Gasteiger partial charge in [0, 0.05) is 10.9 Å². The van der Waals surface area contributed by atoms with Crippen molar-refractivity contribution in [3.05, 3.63) is 32.9 Å². The summed E-state index contributed by atoms with van der Waals surface area (Å²) in [7, 11) is 0. The van der Waals surface area contributed by atoms with E-state index in [0.29, 0.717) is 16.5 Å². The molecule has 12 heteroatoms. The monoisotopic (exact) mass is 436 g/mol. The molecule has 1 aliphatic heterocycles. The molecule has 4 atom stereocenters. The van der Waals surface area contributed by atoms with E-state index in [1.165, 1.54) is 22.9 Å². The maximum Gasteiger partial charge on any atom is 0.332 e. The van der Waals surface area contributed by atoms with Crippen LogP contribution in [0.2, 0.25) is 15.2 Å². The third-order valence-electron chi connectivity index (χ3n) is 4.16. The van der Waals surface area contributed by atoms with Crippen LogP contribution in [0.25, 0.3) is 10.9 Å². The average Bonchev–Trinajstić information content (AvgIpc) is 3.03. The molecule has 146 valence electrons. The van der Waals surface area contributed by atoms with Crippen LogP contribution < -0.4 is 11.2 Å². The minimum absolute atomic E-state index is 0.0770. The molecule has 27 heavy (non-hydrogen) atoms. The first kappa shape index (κ1) is 20.2. The number of urea groups is 1. The van der Waals surface area contributed by atoms with Gasteiger partial charge in [-0.3, -0.25) is 0 Å². The molecule has 6 N–H and O–H groups in total. The van der Waals surface area contributed by atoms with E-state index in [9.17, 15) is 20.1 Å². The van der Waals surface area contributed by atoms with Crippen LogP contribution in [0.1, 0.15) is 11.8 Å². The van der Waals surface area contributed by atoms with Gasteiger partial charge < -0.3 is 30.4 Å². The Morgan fingerprint density at radius 1 is 1.30 bits per heavy atom. The third kappa shape index (κ3) is 3.59. The Kier molecular flexibility index (Phi) is 5.82. The van der Waals surface area contributed by atoms with Crippen molar-refractivity contribution in [1.82, 2.24) is 9.99 Å². The van der Waals surface area contributed by atoms with Gasteiger partial charge in [-0.1, -0.05) is 34.8 Å². The molecule has 0 saturated carbocycles. The van der Waals surface area contributed by atoms with Gasteiger partial charge in [0.25, 0.3) is 0 Å². The largest absolute Gasteiger partial charge is 0.394 e. The SMILES string of the molecule is NC(=O)N/N=C/c1c(Cl)n(C2O[C@H](CO)[C@@H](O)[C@H]2O)c2cc(Cl)c(Cl)cc12. The number of rotatable bonds is 4. The predicted octanol–water partition coefficient (Wildman–Crippen LogP) is 1.22. The number of benzene rings is 1. The molecule has 1 unspecified atom stereocenters. The summed E-state index contributed by atoms with van der Waals surface area (Å²) in [5.41, 5.74) is 7.80. The highest BCUT2D eigenvalue weighted by Crippen LogP contribution is 2.40. The first-order valence-electron chi connectivity index (χ1n) is 7.65. The fourth-order valence-corrected chi connectivity index (χ4v) is 3.58. The first-order chi connectivity index (χ1) is 12.8. The van der Waals surface area contributed by atoms with Crippen molar-refractivity contribution in [3.63, 3.8) is 0 Å². The topological polar surface area (TPSA) is 142 Å². The molecule has 1 aromatic carbocycles. The number of carbonyl (C=O) groups excluding carboxylic acids is 1. The van der Waals surface area contributed by atoms with Crippen molar-refractivity contribution in [2.24, 2.45) is 10.8 Å².